The molecule has 13 heteroatoms. The molecule has 5 aromatic rings. The van der Waals surface area contributed by atoms with Gasteiger partial charge in [-0.15, -0.1) is 11.3 Å². The molecule has 1 N–H and O–H groups in total. The molecular weight excluding hydrogens is 625 g/mol. The van der Waals surface area contributed by atoms with Crippen molar-refractivity contribution < 1.29 is 22.7 Å². The number of rotatable bonds is 6. The van der Waals surface area contributed by atoms with Gasteiger partial charge in [0.15, 0.2) is 0 Å². The summed E-state index contributed by atoms with van der Waals surface area (Å²) in [7, 11) is -3.82. The maximum atomic E-state index is 13.8. The smallest absolute Gasteiger partial charge is 0.268 e. The van der Waals surface area contributed by atoms with Crippen LogP contribution in [-0.2, 0) is 24.3 Å². The quantitative estimate of drug-likeness (QED) is 0.290. The SMILES string of the molecule is O=C1COC2(CCN(C(c3cc4ncncc4s3)N3CCOC(c4cn(S(=O)(=O)c5ccccc5)c5ccccc45)C3)CC2)CN1. The van der Waals surface area contributed by atoms with Crippen molar-refractivity contribution in [3.8, 4) is 0 Å². The van der Waals surface area contributed by atoms with E-state index in [0.717, 1.165) is 53.6 Å². The summed E-state index contributed by atoms with van der Waals surface area (Å²) >= 11 is 1.70. The maximum Gasteiger partial charge on any atom is 0.268 e. The zero-order valence-electron chi connectivity index (χ0n) is 25.1. The number of carbonyl (C=O) groups is 1. The van der Waals surface area contributed by atoms with Crippen LogP contribution in [0, 0.1) is 0 Å². The van der Waals surface area contributed by atoms with Gasteiger partial charge in [-0.2, -0.15) is 0 Å². The number of aromatic nitrogens is 3. The number of fused-ring (bicyclic) bond motifs is 2. The molecule has 0 aliphatic carbocycles. The van der Waals surface area contributed by atoms with Gasteiger partial charge in [-0.3, -0.25) is 14.6 Å². The summed E-state index contributed by atoms with van der Waals surface area (Å²) in [4.78, 5) is 26.9. The number of thiophene rings is 1. The Morgan fingerprint density at radius 1 is 1.02 bits per heavy atom. The molecular formula is C33H34N6O5S2. The van der Waals surface area contributed by atoms with E-state index >= 15 is 0 Å². The lowest BCUT2D eigenvalue weighted by molar-refractivity contribution is -0.155. The van der Waals surface area contributed by atoms with Crippen LogP contribution in [0.1, 0.15) is 35.6 Å². The second-order valence-corrected chi connectivity index (χ2v) is 15.1. The Kier molecular flexibility index (Phi) is 7.62. The number of benzene rings is 2. The number of morpholine rings is 2. The van der Waals surface area contributed by atoms with E-state index in [4.69, 9.17) is 9.47 Å². The number of hydrogen-bond donors (Lipinski definition) is 1. The Morgan fingerprint density at radius 2 is 1.83 bits per heavy atom. The number of nitrogens with zero attached hydrogens (tertiary/aromatic N) is 5. The van der Waals surface area contributed by atoms with Crippen molar-refractivity contribution in [2.45, 2.75) is 35.6 Å². The van der Waals surface area contributed by atoms with Crippen LogP contribution in [-0.4, -0.2) is 89.6 Å². The predicted octanol–water partition coefficient (Wildman–Crippen LogP) is 3.94. The third-order valence-electron chi connectivity index (χ3n) is 9.44. The Hall–Kier alpha value is -3.72. The number of piperidine rings is 1. The van der Waals surface area contributed by atoms with Crippen LogP contribution < -0.4 is 5.32 Å². The van der Waals surface area contributed by atoms with Crippen LogP contribution in [0.3, 0.4) is 0 Å². The van der Waals surface area contributed by atoms with Crippen molar-refractivity contribution in [3.63, 3.8) is 0 Å². The van der Waals surface area contributed by atoms with Gasteiger partial charge in [0.05, 0.1) is 45.1 Å². The van der Waals surface area contributed by atoms with Gasteiger partial charge in [-0.1, -0.05) is 36.4 Å². The second kappa shape index (κ2) is 11.8. The highest BCUT2D eigenvalue weighted by atomic mass is 32.2. The Labute approximate surface area is 270 Å². The van der Waals surface area contributed by atoms with E-state index in [0.29, 0.717) is 25.2 Å². The van der Waals surface area contributed by atoms with E-state index in [1.54, 1.807) is 48.1 Å². The molecule has 0 saturated carbocycles. The number of nitrogens with one attached hydrogen (secondary N) is 1. The van der Waals surface area contributed by atoms with Crippen LogP contribution >= 0.6 is 11.3 Å². The first-order valence-corrected chi connectivity index (χ1v) is 17.8. The summed E-state index contributed by atoms with van der Waals surface area (Å²) in [5.74, 6) is -0.0606. The Morgan fingerprint density at radius 3 is 2.61 bits per heavy atom. The van der Waals surface area contributed by atoms with Crippen molar-refractivity contribution >= 4 is 48.4 Å². The molecule has 0 radical (unpaired) electrons. The second-order valence-electron chi connectivity index (χ2n) is 12.1. The average Bonchev–Trinajstić information content (AvgIpc) is 3.70. The number of likely N-dealkylation sites (tertiary alicyclic amines) is 1. The molecule has 1 spiro atoms. The molecule has 46 heavy (non-hydrogen) atoms. The van der Waals surface area contributed by atoms with Gasteiger partial charge >= 0.3 is 0 Å². The van der Waals surface area contributed by atoms with Gasteiger partial charge < -0.3 is 14.8 Å². The first kappa shape index (κ1) is 29.7. The highest BCUT2D eigenvalue weighted by Crippen LogP contribution is 2.41. The Balaban J connectivity index is 1.13. The van der Waals surface area contributed by atoms with E-state index in [-0.39, 0.29) is 35.3 Å². The molecule has 2 aromatic carbocycles. The lowest BCUT2D eigenvalue weighted by Gasteiger charge is -2.49. The summed E-state index contributed by atoms with van der Waals surface area (Å²) < 4.78 is 42.5. The monoisotopic (exact) mass is 658 g/mol. The predicted molar refractivity (Wildman–Crippen MR) is 174 cm³/mol. The van der Waals surface area contributed by atoms with E-state index < -0.39 is 10.0 Å². The summed E-state index contributed by atoms with van der Waals surface area (Å²) in [6.07, 6.45) is 6.43. The maximum absolute atomic E-state index is 13.8. The minimum atomic E-state index is -3.82. The van der Waals surface area contributed by atoms with Crippen LogP contribution in [0.2, 0.25) is 0 Å². The molecule has 3 aromatic heterocycles. The Bertz CT molecular complexity index is 1960. The van der Waals surface area contributed by atoms with Gasteiger partial charge in [-0.25, -0.2) is 22.4 Å². The molecule has 3 aliphatic heterocycles. The van der Waals surface area contributed by atoms with Gasteiger partial charge in [0.1, 0.15) is 12.9 Å². The third-order valence-corrected chi connectivity index (χ3v) is 12.2. The fourth-order valence-electron chi connectivity index (χ4n) is 7.02. The minimum Gasteiger partial charge on any atom is -0.371 e. The highest BCUT2D eigenvalue weighted by Gasteiger charge is 2.43. The van der Waals surface area contributed by atoms with Crippen LogP contribution in [0.25, 0.3) is 21.1 Å². The summed E-state index contributed by atoms with van der Waals surface area (Å²) in [6.45, 7) is 4.06. The summed E-state index contributed by atoms with van der Waals surface area (Å²) in [6, 6.07) is 18.3. The molecule has 8 rings (SSSR count). The molecule has 2 unspecified atom stereocenters. The molecule has 3 aliphatic rings. The zero-order valence-corrected chi connectivity index (χ0v) is 26.8. The van der Waals surface area contributed by atoms with E-state index in [1.807, 2.05) is 36.5 Å². The first-order chi connectivity index (χ1) is 22.4. The highest BCUT2D eigenvalue weighted by molar-refractivity contribution is 7.90. The number of carbonyl (C=O) groups excluding carboxylic acids is 1. The van der Waals surface area contributed by atoms with Crippen LogP contribution in [0.5, 0.6) is 0 Å². The van der Waals surface area contributed by atoms with Crippen LogP contribution in [0.4, 0.5) is 0 Å². The number of para-hydroxylation sites is 1. The molecule has 238 valence electrons. The van der Waals surface area contributed by atoms with E-state index in [9.17, 15) is 13.2 Å². The molecule has 3 saturated heterocycles. The topological polar surface area (TPSA) is 119 Å². The summed E-state index contributed by atoms with van der Waals surface area (Å²) in [5.41, 5.74) is 2.07. The van der Waals surface area contributed by atoms with Gasteiger partial charge in [0.2, 0.25) is 5.91 Å². The van der Waals surface area contributed by atoms with Crippen molar-refractivity contribution in [2.75, 3.05) is 45.9 Å². The first-order valence-electron chi connectivity index (χ1n) is 15.5. The van der Waals surface area contributed by atoms with Gasteiger partial charge in [0.25, 0.3) is 10.0 Å². The lowest BCUT2D eigenvalue weighted by Crippen LogP contribution is -2.59. The minimum absolute atomic E-state index is 0.0393. The van der Waals surface area contributed by atoms with Gasteiger partial charge in [0, 0.05) is 60.9 Å². The normalized spacial score (nSPS) is 21.9. The van der Waals surface area contributed by atoms with Crippen LogP contribution in [0.15, 0.2) is 84.3 Å². The molecule has 6 heterocycles. The number of amides is 1. The van der Waals surface area contributed by atoms with E-state index in [1.165, 1.54) is 8.85 Å². The molecule has 3 fully saturated rings. The fourth-order valence-corrected chi connectivity index (χ4v) is 9.57. The largest absolute Gasteiger partial charge is 0.371 e. The van der Waals surface area contributed by atoms with Crippen molar-refractivity contribution in [2.24, 2.45) is 0 Å². The molecule has 0 bridgehead atoms. The number of hydrogen-bond acceptors (Lipinski definition) is 10. The fraction of sp³-hybridized carbons (Fsp3) is 0.364. The third kappa shape index (κ3) is 5.30. The van der Waals surface area contributed by atoms with Crippen molar-refractivity contribution in [1.29, 1.82) is 0 Å². The van der Waals surface area contributed by atoms with E-state index in [2.05, 4.69) is 31.2 Å². The molecule has 2 atom stereocenters. The average molecular weight is 659 g/mol. The lowest BCUT2D eigenvalue weighted by atomic mass is 9.89. The van der Waals surface area contributed by atoms with Gasteiger partial charge in [-0.05, 0) is 37.1 Å². The standard InChI is InChI=1S/C33H34N6O5S2/c40-31-20-44-33(21-35-31)10-12-37(13-11-33)32(29-16-26-30(45-29)17-34-22-36-26)38-14-15-43-28(19-38)25-18-39(27-9-5-4-8-24(25)27)46(41,42)23-6-2-1-3-7-23/h1-9,16-18,22,28,32H,10-15,19-21H2,(H,35,40). The zero-order chi connectivity index (χ0) is 31.3. The summed E-state index contributed by atoms with van der Waals surface area (Å²) in [5, 5.41) is 3.85. The molecule has 1 amide bonds. The van der Waals surface area contributed by atoms with Crippen molar-refractivity contribution in [3.05, 3.63) is 89.8 Å². The number of ether oxygens (including phenoxy) is 2. The molecule has 11 nitrogen and oxygen atoms in total. The van der Waals surface area contributed by atoms with Crippen molar-refractivity contribution in [1.82, 2.24) is 29.1 Å².